The fourth-order valence-electron chi connectivity index (χ4n) is 2.20. The fraction of sp³-hybridized carbons (Fsp3) is 0.429. The third-order valence-electron chi connectivity index (χ3n) is 3.00. The molecule has 2 aromatic rings. The Morgan fingerprint density at radius 2 is 1.67 bits per heavy atom. The molecule has 96 valence electrons. The van der Waals surface area contributed by atoms with Crippen LogP contribution in [0.25, 0.3) is 0 Å². The number of aliphatic hydroxyl groups is 1. The first-order chi connectivity index (χ1) is 8.60. The summed E-state index contributed by atoms with van der Waals surface area (Å²) in [5.74, 6) is 1.10. The highest BCUT2D eigenvalue weighted by atomic mass is 16.4. The number of hydrogen-bond donors (Lipinski definition) is 1. The molecule has 1 heterocycles. The Morgan fingerprint density at radius 1 is 1.06 bits per heavy atom. The third-order valence-corrected chi connectivity index (χ3v) is 3.00. The van der Waals surface area contributed by atoms with Gasteiger partial charge in [-0.05, 0) is 37.5 Å². The number of aryl methyl sites for hydroxylation is 3. The molecule has 1 aromatic carbocycles. The monoisotopic (exact) mass is 246 g/mol. The molecule has 0 saturated carbocycles. The number of nitrogens with zero attached hydrogens (tertiary/aromatic N) is 2. The summed E-state index contributed by atoms with van der Waals surface area (Å²) in [5.41, 5.74) is 4.99. The van der Waals surface area contributed by atoms with Crippen LogP contribution >= 0.6 is 0 Å². The average Bonchev–Trinajstić information content (AvgIpc) is 2.72. The van der Waals surface area contributed by atoms with Gasteiger partial charge in [0.05, 0.1) is 13.0 Å². The van der Waals surface area contributed by atoms with Crippen molar-refractivity contribution in [2.45, 2.75) is 33.6 Å². The molecule has 0 radical (unpaired) electrons. The Bertz CT molecular complexity index is 523. The zero-order chi connectivity index (χ0) is 13.1. The summed E-state index contributed by atoms with van der Waals surface area (Å²) in [6, 6.07) is 4.32. The predicted octanol–water partition coefficient (Wildman–Crippen LogP) is 2.12. The largest absolute Gasteiger partial charge is 0.425 e. The Morgan fingerprint density at radius 3 is 2.28 bits per heavy atom. The van der Waals surface area contributed by atoms with Crippen molar-refractivity contribution in [2.24, 2.45) is 0 Å². The maximum Gasteiger partial charge on any atom is 0.220 e. The normalized spacial score (nSPS) is 10.9. The van der Waals surface area contributed by atoms with Gasteiger partial charge in [-0.3, -0.25) is 0 Å². The summed E-state index contributed by atoms with van der Waals surface area (Å²) in [7, 11) is 0. The van der Waals surface area contributed by atoms with Crippen molar-refractivity contribution in [3.05, 3.63) is 46.2 Å². The second-order valence-electron chi connectivity index (χ2n) is 4.62. The van der Waals surface area contributed by atoms with Crippen LogP contribution in [0.1, 0.15) is 34.0 Å². The summed E-state index contributed by atoms with van der Waals surface area (Å²) < 4.78 is 5.49. The second-order valence-corrected chi connectivity index (χ2v) is 4.62. The van der Waals surface area contributed by atoms with Crippen LogP contribution in [0.15, 0.2) is 16.5 Å². The van der Waals surface area contributed by atoms with Crippen molar-refractivity contribution in [1.29, 1.82) is 0 Å². The SMILES string of the molecule is Cc1cc(C)c(Cc2nnc(CCO)o2)c(C)c1. The predicted molar refractivity (Wildman–Crippen MR) is 68.5 cm³/mol. The van der Waals surface area contributed by atoms with Crippen LogP contribution in [0.2, 0.25) is 0 Å². The number of benzene rings is 1. The molecule has 0 amide bonds. The van der Waals surface area contributed by atoms with Crippen LogP contribution in [0.4, 0.5) is 0 Å². The van der Waals surface area contributed by atoms with Crippen molar-refractivity contribution >= 4 is 0 Å². The van der Waals surface area contributed by atoms with Gasteiger partial charge in [-0.1, -0.05) is 17.7 Å². The van der Waals surface area contributed by atoms with Crippen LogP contribution in [0, 0.1) is 20.8 Å². The molecule has 0 spiro atoms. The first-order valence-corrected chi connectivity index (χ1v) is 6.09. The van der Waals surface area contributed by atoms with E-state index in [4.69, 9.17) is 9.52 Å². The van der Waals surface area contributed by atoms with Gasteiger partial charge in [-0.15, -0.1) is 10.2 Å². The van der Waals surface area contributed by atoms with Gasteiger partial charge in [-0.2, -0.15) is 0 Å². The molecule has 0 unspecified atom stereocenters. The lowest BCUT2D eigenvalue weighted by Gasteiger charge is -2.09. The molecule has 4 heteroatoms. The van der Waals surface area contributed by atoms with E-state index in [2.05, 4.69) is 43.1 Å². The van der Waals surface area contributed by atoms with Crippen LogP contribution in [0.3, 0.4) is 0 Å². The van der Waals surface area contributed by atoms with Gasteiger partial charge in [0.25, 0.3) is 0 Å². The average molecular weight is 246 g/mol. The van der Waals surface area contributed by atoms with Crippen LogP contribution in [0.5, 0.6) is 0 Å². The molecular formula is C14H18N2O2. The molecule has 0 atom stereocenters. The van der Waals surface area contributed by atoms with Crippen molar-refractivity contribution in [1.82, 2.24) is 10.2 Å². The van der Waals surface area contributed by atoms with E-state index in [1.807, 2.05) is 0 Å². The molecule has 0 bridgehead atoms. The highest BCUT2D eigenvalue weighted by Crippen LogP contribution is 2.19. The van der Waals surface area contributed by atoms with Crippen LogP contribution in [-0.2, 0) is 12.8 Å². The van der Waals surface area contributed by atoms with E-state index < -0.39 is 0 Å². The highest BCUT2D eigenvalue weighted by Gasteiger charge is 2.10. The van der Waals surface area contributed by atoms with Crippen molar-refractivity contribution in [3.63, 3.8) is 0 Å². The van der Waals surface area contributed by atoms with Gasteiger partial charge < -0.3 is 9.52 Å². The van der Waals surface area contributed by atoms with Gasteiger partial charge in [-0.25, -0.2) is 0 Å². The highest BCUT2D eigenvalue weighted by molar-refractivity contribution is 5.38. The quantitative estimate of drug-likeness (QED) is 0.897. The summed E-state index contributed by atoms with van der Waals surface area (Å²) in [6.07, 6.45) is 1.06. The molecule has 0 aliphatic heterocycles. The summed E-state index contributed by atoms with van der Waals surface area (Å²) in [5, 5.41) is 16.7. The van der Waals surface area contributed by atoms with E-state index in [0.717, 1.165) is 0 Å². The van der Waals surface area contributed by atoms with Crippen molar-refractivity contribution in [3.8, 4) is 0 Å². The van der Waals surface area contributed by atoms with Gasteiger partial charge in [0.1, 0.15) is 0 Å². The summed E-state index contributed by atoms with van der Waals surface area (Å²) in [6.45, 7) is 6.32. The molecule has 0 aliphatic rings. The molecule has 1 N–H and O–H groups in total. The maximum atomic E-state index is 8.81. The number of aromatic nitrogens is 2. The van der Waals surface area contributed by atoms with E-state index in [0.29, 0.717) is 24.6 Å². The molecule has 0 fully saturated rings. The number of aliphatic hydroxyl groups excluding tert-OH is 1. The van der Waals surface area contributed by atoms with E-state index in [1.165, 1.54) is 22.3 Å². The van der Waals surface area contributed by atoms with Gasteiger partial charge in [0, 0.05) is 6.42 Å². The first-order valence-electron chi connectivity index (χ1n) is 6.09. The Hall–Kier alpha value is -1.68. The minimum Gasteiger partial charge on any atom is -0.425 e. The zero-order valence-corrected chi connectivity index (χ0v) is 11.0. The zero-order valence-electron chi connectivity index (χ0n) is 11.0. The standard InChI is InChI=1S/C14H18N2O2/c1-9-6-10(2)12(11(3)7-9)8-14-16-15-13(18-14)4-5-17/h6-7,17H,4-5,8H2,1-3H3. The molecule has 1 aromatic heterocycles. The second kappa shape index (κ2) is 5.31. The van der Waals surface area contributed by atoms with E-state index >= 15 is 0 Å². The number of rotatable bonds is 4. The maximum absolute atomic E-state index is 8.81. The molecule has 4 nitrogen and oxygen atoms in total. The Labute approximate surface area is 107 Å². The van der Waals surface area contributed by atoms with Crippen LogP contribution < -0.4 is 0 Å². The van der Waals surface area contributed by atoms with Gasteiger partial charge >= 0.3 is 0 Å². The lowest BCUT2D eigenvalue weighted by Crippen LogP contribution is -1.97. The minimum absolute atomic E-state index is 0.0320. The molecular weight excluding hydrogens is 228 g/mol. The van der Waals surface area contributed by atoms with Crippen LogP contribution in [-0.4, -0.2) is 21.9 Å². The fourth-order valence-corrected chi connectivity index (χ4v) is 2.20. The molecule has 2 rings (SSSR count). The molecule has 18 heavy (non-hydrogen) atoms. The minimum atomic E-state index is 0.0320. The summed E-state index contributed by atoms with van der Waals surface area (Å²) in [4.78, 5) is 0. The molecule has 0 aliphatic carbocycles. The number of hydrogen-bond acceptors (Lipinski definition) is 4. The lowest BCUT2D eigenvalue weighted by atomic mass is 9.97. The third kappa shape index (κ3) is 2.76. The van der Waals surface area contributed by atoms with Gasteiger partial charge in [0.2, 0.25) is 11.8 Å². The topological polar surface area (TPSA) is 59.2 Å². The molecule has 0 saturated heterocycles. The first kappa shape index (κ1) is 12.8. The Kier molecular flexibility index (Phi) is 3.77. The summed E-state index contributed by atoms with van der Waals surface area (Å²) >= 11 is 0. The van der Waals surface area contributed by atoms with Crippen molar-refractivity contribution < 1.29 is 9.52 Å². The van der Waals surface area contributed by atoms with E-state index in [-0.39, 0.29) is 6.61 Å². The lowest BCUT2D eigenvalue weighted by molar-refractivity contribution is 0.283. The van der Waals surface area contributed by atoms with Gasteiger partial charge in [0.15, 0.2) is 0 Å². The smallest absolute Gasteiger partial charge is 0.220 e. The van der Waals surface area contributed by atoms with Crippen molar-refractivity contribution in [2.75, 3.05) is 6.61 Å². The van der Waals surface area contributed by atoms with E-state index in [1.54, 1.807) is 0 Å². The van der Waals surface area contributed by atoms with E-state index in [9.17, 15) is 0 Å². The Balaban J connectivity index is 2.22.